The first-order chi connectivity index (χ1) is 6.27. The zero-order valence-corrected chi connectivity index (χ0v) is 8.54. The highest BCUT2D eigenvalue weighted by Gasteiger charge is 2.19. The molecular formula is C8H16N2O2S. The van der Waals surface area contributed by atoms with Crippen LogP contribution < -0.4 is 0 Å². The fourth-order valence-corrected chi connectivity index (χ4v) is 1.66. The van der Waals surface area contributed by atoms with Gasteiger partial charge in [0, 0.05) is 32.7 Å². The molecule has 1 heterocycles. The number of aliphatic hydroxyl groups excluding tert-OH is 1. The summed E-state index contributed by atoms with van der Waals surface area (Å²) in [6, 6.07) is 0. The van der Waals surface area contributed by atoms with E-state index in [9.17, 15) is 4.79 Å². The smallest absolute Gasteiger partial charge is 0.232 e. The lowest BCUT2D eigenvalue weighted by Gasteiger charge is -2.34. The maximum atomic E-state index is 11.2. The molecule has 76 valence electrons. The van der Waals surface area contributed by atoms with Gasteiger partial charge < -0.3 is 10.0 Å². The lowest BCUT2D eigenvalue weighted by molar-refractivity contribution is -0.130. The molecule has 1 N–H and O–H groups in total. The molecule has 1 amide bonds. The van der Waals surface area contributed by atoms with Crippen molar-refractivity contribution < 1.29 is 9.90 Å². The topological polar surface area (TPSA) is 43.8 Å². The van der Waals surface area contributed by atoms with Crippen LogP contribution in [0.1, 0.15) is 0 Å². The molecule has 13 heavy (non-hydrogen) atoms. The Kier molecular flexibility index (Phi) is 4.55. The van der Waals surface area contributed by atoms with Gasteiger partial charge in [0.05, 0.1) is 12.4 Å². The van der Waals surface area contributed by atoms with Crippen LogP contribution in [-0.4, -0.2) is 65.9 Å². The highest BCUT2D eigenvalue weighted by molar-refractivity contribution is 7.81. The van der Waals surface area contributed by atoms with Crippen LogP contribution in [0.3, 0.4) is 0 Å². The summed E-state index contributed by atoms with van der Waals surface area (Å²) in [6.07, 6.45) is 0. The number of thiol groups is 1. The zero-order chi connectivity index (χ0) is 9.68. The van der Waals surface area contributed by atoms with Crippen LogP contribution in [0.25, 0.3) is 0 Å². The third kappa shape index (κ3) is 3.17. The molecule has 1 aliphatic rings. The van der Waals surface area contributed by atoms with Crippen molar-refractivity contribution in [2.75, 3.05) is 45.1 Å². The lowest BCUT2D eigenvalue weighted by Crippen LogP contribution is -2.49. The van der Waals surface area contributed by atoms with Crippen molar-refractivity contribution in [3.05, 3.63) is 0 Å². The summed E-state index contributed by atoms with van der Waals surface area (Å²) in [6.45, 7) is 4.16. The van der Waals surface area contributed by atoms with E-state index < -0.39 is 0 Å². The van der Waals surface area contributed by atoms with Crippen LogP contribution in [0.15, 0.2) is 0 Å². The summed E-state index contributed by atoms with van der Waals surface area (Å²) in [7, 11) is 0. The average molecular weight is 204 g/mol. The Morgan fingerprint density at radius 2 is 1.92 bits per heavy atom. The molecule has 0 bridgehead atoms. The van der Waals surface area contributed by atoms with Crippen molar-refractivity contribution in [1.29, 1.82) is 0 Å². The maximum absolute atomic E-state index is 11.2. The van der Waals surface area contributed by atoms with Gasteiger partial charge in [0.1, 0.15) is 0 Å². The summed E-state index contributed by atoms with van der Waals surface area (Å²) in [5, 5.41) is 8.71. The molecule has 0 spiro atoms. The maximum Gasteiger partial charge on any atom is 0.232 e. The third-order valence-corrected chi connectivity index (χ3v) is 2.55. The Bertz CT molecular complexity index is 170. The van der Waals surface area contributed by atoms with E-state index in [2.05, 4.69) is 17.5 Å². The number of aliphatic hydroxyl groups is 1. The van der Waals surface area contributed by atoms with E-state index in [1.807, 2.05) is 4.90 Å². The Hall–Kier alpha value is -0.260. The van der Waals surface area contributed by atoms with Crippen molar-refractivity contribution in [3.63, 3.8) is 0 Å². The summed E-state index contributed by atoms with van der Waals surface area (Å²) in [5.74, 6) is 0.395. The molecule has 1 saturated heterocycles. The Balaban J connectivity index is 2.26. The van der Waals surface area contributed by atoms with Gasteiger partial charge in [-0.1, -0.05) is 0 Å². The first-order valence-corrected chi connectivity index (χ1v) is 5.13. The van der Waals surface area contributed by atoms with Crippen LogP contribution >= 0.6 is 12.6 Å². The van der Waals surface area contributed by atoms with Crippen LogP contribution in [0.2, 0.25) is 0 Å². The highest BCUT2D eigenvalue weighted by atomic mass is 32.1. The van der Waals surface area contributed by atoms with E-state index in [1.54, 1.807) is 0 Å². The quantitative estimate of drug-likeness (QED) is 0.583. The fraction of sp³-hybridized carbons (Fsp3) is 0.875. The largest absolute Gasteiger partial charge is 0.395 e. The van der Waals surface area contributed by atoms with Crippen molar-refractivity contribution in [1.82, 2.24) is 9.80 Å². The van der Waals surface area contributed by atoms with Gasteiger partial charge in [-0.2, -0.15) is 12.6 Å². The molecule has 1 rings (SSSR count). The molecule has 0 atom stereocenters. The summed E-state index contributed by atoms with van der Waals surface area (Å²) in [4.78, 5) is 15.2. The number of carbonyl (C=O) groups excluding carboxylic acids is 1. The second-order valence-corrected chi connectivity index (χ2v) is 3.42. The predicted octanol–water partition coefficient (Wildman–Crippen LogP) is -0.947. The second kappa shape index (κ2) is 5.47. The molecule has 0 aromatic rings. The van der Waals surface area contributed by atoms with Gasteiger partial charge in [-0.3, -0.25) is 9.69 Å². The minimum atomic E-state index is 0.104. The number of hydrogen-bond donors (Lipinski definition) is 2. The number of piperazine rings is 1. The van der Waals surface area contributed by atoms with Gasteiger partial charge in [-0.15, -0.1) is 0 Å². The SMILES string of the molecule is O=C(CS)N1CCN(CCO)CC1. The number of β-amino-alcohol motifs (C(OH)–C–C–N with tert-alkyl or cyclic N) is 1. The number of rotatable bonds is 3. The molecule has 0 radical (unpaired) electrons. The van der Waals surface area contributed by atoms with Gasteiger partial charge >= 0.3 is 0 Å². The molecular weight excluding hydrogens is 188 g/mol. The van der Waals surface area contributed by atoms with Crippen LogP contribution in [0.4, 0.5) is 0 Å². The Labute approximate surface area is 83.9 Å². The first-order valence-electron chi connectivity index (χ1n) is 4.49. The first kappa shape index (κ1) is 10.8. The van der Waals surface area contributed by atoms with Crippen LogP contribution in [0, 0.1) is 0 Å². The molecule has 1 fully saturated rings. The third-order valence-electron chi connectivity index (χ3n) is 2.28. The van der Waals surface area contributed by atoms with E-state index in [1.165, 1.54) is 0 Å². The average Bonchev–Trinajstić information content (AvgIpc) is 2.18. The van der Waals surface area contributed by atoms with E-state index >= 15 is 0 Å². The standard InChI is InChI=1S/C8H16N2O2S/c11-6-5-9-1-3-10(4-2-9)8(12)7-13/h11,13H,1-7H2. The van der Waals surface area contributed by atoms with Crippen molar-refractivity contribution >= 4 is 18.5 Å². The summed E-state index contributed by atoms with van der Waals surface area (Å²) >= 11 is 3.94. The summed E-state index contributed by atoms with van der Waals surface area (Å²) < 4.78 is 0. The van der Waals surface area contributed by atoms with Gasteiger partial charge in [0.25, 0.3) is 0 Å². The Morgan fingerprint density at radius 1 is 1.31 bits per heavy atom. The normalized spacial score (nSPS) is 19.1. The molecule has 5 heteroatoms. The lowest BCUT2D eigenvalue weighted by atomic mass is 10.3. The van der Waals surface area contributed by atoms with Gasteiger partial charge in [-0.25, -0.2) is 0 Å². The van der Waals surface area contributed by atoms with Gasteiger partial charge in [-0.05, 0) is 0 Å². The van der Waals surface area contributed by atoms with E-state index in [-0.39, 0.29) is 12.5 Å². The van der Waals surface area contributed by atoms with Gasteiger partial charge in [0.15, 0.2) is 0 Å². The number of hydrogen-bond acceptors (Lipinski definition) is 4. The van der Waals surface area contributed by atoms with E-state index in [0.717, 1.165) is 26.2 Å². The molecule has 0 aromatic heterocycles. The molecule has 0 saturated carbocycles. The second-order valence-electron chi connectivity index (χ2n) is 3.10. The predicted molar refractivity (Wildman–Crippen MR) is 54.0 cm³/mol. The number of carbonyl (C=O) groups is 1. The minimum absolute atomic E-state index is 0.104. The molecule has 4 nitrogen and oxygen atoms in total. The molecule has 1 aliphatic heterocycles. The Morgan fingerprint density at radius 3 is 2.38 bits per heavy atom. The summed E-state index contributed by atoms with van der Waals surface area (Å²) in [5.41, 5.74) is 0. The van der Waals surface area contributed by atoms with Crippen molar-refractivity contribution in [2.45, 2.75) is 0 Å². The van der Waals surface area contributed by atoms with Crippen LogP contribution in [0.5, 0.6) is 0 Å². The fourth-order valence-electron chi connectivity index (χ4n) is 1.46. The minimum Gasteiger partial charge on any atom is -0.395 e. The monoisotopic (exact) mass is 204 g/mol. The van der Waals surface area contributed by atoms with Crippen molar-refractivity contribution in [3.8, 4) is 0 Å². The van der Waals surface area contributed by atoms with E-state index in [4.69, 9.17) is 5.11 Å². The molecule has 0 unspecified atom stereocenters. The van der Waals surface area contributed by atoms with Gasteiger partial charge in [0.2, 0.25) is 5.91 Å². The van der Waals surface area contributed by atoms with Crippen LogP contribution in [-0.2, 0) is 4.79 Å². The highest BCUT2D eigenvalue weighted by Crippen LogP contribution is 2.01. The van der Waals surface area contributed by atoms with Crippen molar-refractivity contribution in [2.24, 2.45) is 0 Å². The zero-order valence-electron chi connectivity index (χ0n) is 7.65. The number of amides is 1. The number of nitrogens with zero attached hydrogens (tertiary/aromatic N) is 2. The van der Waals surface area contributed by atoms with E-state index in [0.29, 0.717) is 12.3 Å². The molecule has 0 aliphatic carbocycles. The molecule has 0 aromatic carbocycles.